The van der Waals surface area contributed by atoms with Gasteiger partial charge in [-0.05, 0) is 55.6 Å². The number of halogens is 2. The minimum atomic E-state index is -0.733. The smallest absolute Gasteiger partial charge is 0.303 e. The van der Waals surface area contributed by atoms with Crippen LogP contribution in [0, 0.1) is 5.92 Å². The highest BCUT2D eigenvalue weighted by Gasteiger charge is 2.41. The molecule has 1 N–H and O–H groups in total. The lowest BCUT2D eigenvalue weighted by Gasteiger charge is -2.23. The highest BCUT2D eigenvalue weighted by atomic mass is 35.5. The Kier molecular flexibility index (Phi) is 10.4. The fraction of sp³-hybridized carbons (Fsp3) is 0.625. The number of carboxylic acids is 1. The first-order valence-corrected chi connectivity index (χ1v) is 11.6. The van der Waals surface area contributed by atoms with Gasteiger partial charge in [-0.15, -0.1) is 23.2 Å². The van der Waals surface area contributed by atoms with E-state index in [1.54, 1.807) is 0 Å². The van der Waals surface area contributed by atoms with E-state index in [2.05, 4.69) is 43.3 Å². The minimum Gasteiger partial charge on any atom is -0.481 e. The van der Waals surface area contributed by atoms with E-state index in [-0.39, 0.29) is 23.1 Å². The standard InChI is InChI=1S/C24H34Cl2O2/c1-2-3-4-7-10-18-13-15-19(16-14-18)24-20(21(25)17-22(24)26)11-8-5-6-9-12-23(27)28/h5,8,13-16,20-22,24H,2-4,6-7,9-12,17H2,1H3,(H,27,28)/b8-5-/t20-,21+,22-,24+/m0/s1. The van der Waals surface area contributed by atoms with Crippen LogP contribution in [0.5, 0.6) is 0 Å². The summed E-state index contributed by atoms with van der Waals surface area (Å²) in [6.07, 6.45) is 14.0. The molecule has 2 rings (SSSR count). The molecule has 1 fully saturated rings. The van der Waals surface area contributed by atoms with Crippen LogP contribution in [0.2, 0.25) is 0 Å². The lowest BCUT2D eigenvalue weighted by molar-refractivity contribution is -0.137. The van der Waals surface area contributed by atoms with Gasteiger partial charge in [-0.25, -0.2) is 0 Å². The van der Waals surface area contributed by atoms with Gasteiger partial charge < -0.3 is 5.11 Å². The molecule has 156 valence electrons. The van der Waals surface area contributed by atoms with Crippen molar-refractivity contribution in [3.05, 3.63) is 47.5 Å². The Labute approximate surface area is 180 Å². The maximum atomic E-state index is 10.6. The third kappa shape index (κ3) is 7.44. The summed E-state index contributed by atoms with van der Waals surface area (Å²) in [5.41, 5.74) is 2.70. The van der Waals surface area contributed by atoms with Crippen molar-refractivity contribution in [2.24, 2.45) is 5.92 Å². The fourth-order valence-electron chi connectivity index (χ4n) is 4.18. The number of carboxylic acid groups (broad SMARTS) is 1. The summed E-state index contributed by atoms with van der Waals surface area (Å²) in [7, 11) is 0. The zero-order valence-electron chi connectivity index (χ0n) is 17.0. The lowest BCUT2D eigenvalue weighted by atomic mass is 9.85. The zero-order chi connectivity index (χ0) is 20.4. The molecule has 1 aliphatic rings. The number of unbranched alkanes of at least 4 members (excludes halogenated alkanes) is 4. The number of benzene rings is 1. The number of allylic oxidation sites excluding steroid dienone is 2. The molecule has 0 bridgehead atoms. The van der Waals surface area contributed by atoms with E-state index < -0.39 is 5.97 Å². The van der Waals surface area contributed by atoms with Crippen LogP contribution in [0.1, 0.15) is 81.8 Å². The molecule has 0 spiro atoms. The quantitative estimate of drug-likeness (QED) is 0.216. The van der Waals surface area contributed by atoms with E-state index >= 15 is 0 Å². The Balaban J connectivity index is 1.91. The summed E-state index contributed by atoms with van der Waals surface area (Å²) in [6.45, 7) is 2.24. The highest BCUT2D eigenvalue weighted by molar-refractivity contribution is 6.25. The van der Waals surface area contributed by atoms with Gasteiger partial charge in [-0.3, -0.25) is 4.79 Å². The molecule has 2 nitrogen and oxygen atoms in total. The average Bonchev–Trinajstić information content (AvgIpc) is 2.95. The molecule has 0 aliphatic heterocycles. The van der Waals surface area contributed by atoms with Crippen molar-refractivity contribution in [3.63, 3.8) is 0 Å². The molecule has 0 aromatic heterocycles. The van der Waals surface area contributed by atoms with Gasteiger partial charge in [-0.1, -0.05) is 62.6 Å². The number of aryl methyl sites for hydroxylation is 1. The summed E-state index contributed by atoms with van der Waals surface area (Å²) in [4.78, 5) is 10.6. The minimum absolute atomic E-state index is 0.0725. The fourth-order valence-corrected chi connectivity index (χ4v) is 5.25. The van der Waals surface area contributed by atoms with Gasteiger partial charge in [0, 0.05) is 23.1 Å². The van der Waals surface area contributed by atoms with E-state index in [0.717, 1.165) is 25.7 Å². The molecule has 4 heteroatoms. The van der Waals surface area contributed by atoms with Gasteiger partial charge in [0.1, 0.15) is 0 Å². The summed E-state index contributed by atoms with van der Waals surface area (Å²) in [5.74, 6) is -0.124. The summed E-state index contributed by atoms with van der Waals surface area (Å²) >= 11 is 13.3. The Bertz CT molecular complexity index is 612. The second kappa shape index (κ2) is 12.5. The van der Waals surface area contributed by atoms with E-state index in [1.165, 1.54) is 36.8 Å². The topological polar surface area (TPSA) is 37.3 Å². The number of rotatable bonds is 12. The molecule has 0 radical (unpaired) electrons. The summed E-state index contributed by atoms with van der Waals surface area (Å²) in [5, 5.41) is 8.86. The molecule has 4 atom stereocenters. The first kappa shape index (κ1) is 23.3. The van der Waals surface area contributed by atoms with Gasteiger partial charge in [0.25, 0.3) is 0 Å². The first-order chi connectivity index (χ1) is 13.5. The number of hydrogen-bond donors (Lipinski definition) is 1. The molecule has 0 amide bonds. The number of aliphatic carboxylic acids is 1. The number of carbonyl (C=O) groups is 1. The van der Waals surface area contributed by atoms with Crippen molar-refractivity contribution in [1.82, 2.24) is 0 Å². The van der Waals surface area contributed by atoms with Gasteiger partial charge in [0.05, 0.1) is 0 Å². The van der Waals surface area contributed by atoms with Crippen LogP contribution in [0.3, 0.4) is 0 Å². The Morgan fingerprint density at radius 3 is 2.50 bits per heavy atom. The average molecular weight is 425 g/mol. The molecule has 28 heavy (non-hydrogen) atoms. The van der Waals surface area contributed by atoms with Crippen LogP contribution < -0.4 is 0 Å². The third-order valence-electron chi connectivity index (χ3n) is 5.79. The van der Waals surface area contributed by atoms with E-state index in [1.807, 2.05) is 0 Å². The SMILES string of the molecule is CCCCCCc1ccc([C@@H]2[C@@H](C/C=C\CCCC(=O)O)[C@H](Cl)C[C@@H]2Cl)cc1. The molecule has 1 aromatic carbocycles. The molecular weight excluding hydrogens is 391 g/mol. The lowest BCUT2D eigenvalue weighted by Crippen LogP contribution is -2.16. The van der Waals surface area contributed by atoms with Crippen molar-refractivity contribution >= 4 is 29.2 Å². The van der Waals surface area contributed by atoms with Crippen molar-refractivity contribution in [2.45, 2.75) is 87.8 Å². The van der Waals surface area contributed by atoms with E-state index in [9.17, 15) is 4.79 Å². The first-order valence-electron chi connectivity index (χ1n) is 10.8. The van der Waals surface area contributed by atoms with Gasteiger partial charge in [-0.2, -0.15) is 0 Å². The van der Waals surface area contributed by atoms with Crippen LogP contribution >= 0.6 is 23.2 Å². The normalized spacial score (nSPS) is 24.8. The monoisotopic (exact) mass is 424 g/mol. The van der Waals surface area contributed by atoms with E-state index in [4.69, 9.17) is 28.3 Å². The number of alkyl halides is 2. The molecule has 1 saturated carbocycles. The summed E-state index contributed by atoms with van der Waals surface area (Å²) < 4.78 is 0. The van der Waals surface area contributed by atoms with Gasteiger partial charge >= 0.3 is 5.97 Å². The van der Waals surface area contributed by atoms with Gasteiger partial charge in [0.2, 0.25) is 0 Å². The maximum Gasteiger partial charge on any atom is 0.303 e. The van der Waals surface area contributed by atoms with Crippen LogP contribution in [0.4, 0.5) is 0 Å². The van der Waals surface area contributed by atoms with Crippen LogP contribution in [-0.2, 0) is 11.2 Å². The highest BCUT2D eigenvalue weighted by Crippen LogP contribution is 2.47. The van der Waals surface area contributed by atoms with Crippen LogP contribution in [0.15, 0.2) is 36.4 Å². The predicted molar refractivity (Wildman–Crippen MR) is 120 cm³/mol. The number of hydrogen-bond acceptors (Lipinski definition) is 1. The molecule has 0 unspecified atom stereocenters. The summed E-state index contributed by atoms with van der Waals surface area (Å²) in [6, 6.07) is 9.00. The third-order valence-corrected chi connectivity index (χ3v) is 6.74. The van der Waals surface area contributed by atoms with Crippen molar-refractivity contribution in [2.75, 3.05) is 0 Å². The van der Waals surface area contributed by atoms with Crippen molar-refractivity contribution < 1.29 is 9.90 Å². The second-order valence-corrected chi connectivity index (χ2v) is 9.12. The van der Waals surface area contributed by atoms with Gasteiger partial charge in [0.15, 0.2) is 0 Å². The van der Waals surface area contributed by atoms with Crippen LogP contribution in [0.25, 0.3) is 0 Å². The molecule has 1 aliphatic carbocycles. The van der Waals surface area contributed by atoms with E-state index in [0.29, 0.717) is 12.3 Å². The Morgan fingerprint density at radius 2 is 1.82 bits per heavy atom. The van der Waals surface area contributed by atoms with Crippen LogP contribution in [-0.4, -0.2) is 21.8 Å². The molecule has 1 aromatic rings. The van der Waals surface area contributed by atoms with Crippen molar-refractivity contribution in [1.29, 1.82) is 0 Å². The molecule has 0 saturated heterocycles. The van der Waals surface area contributed by atoms with Crippen molar-refractivity contribution in [3.8, 4) is 0 Å². The Morgan fingerprint density at radius 1 is 1.07 bits per heavy atom. The zero-order valence-corrected chi connectivity index (χ0v) is 18.5. The molecule has 0 heterocycles. The Hall–Kier alpha value is -0.990. The largest absolute Gasteiger partial charge is 0.481 e. The predicted octanol–water partition coefficient (Wildman–Crippen LogP) is 7.33. The second-order valence-electron chi connectivity index (χ2n) is 8.00. The maximum absolute atomic E-state index is 10.6. The molecular formula is C24H34Cl2O2.